The molecule has 4 heteroatoms. The number of aliphatic carboxylic acids is 1. The molecule has 1 rings (SSSR count). The minimum Gasteiger partial charge on any atom is -0.478 e. The number of hydrogen-bond donors (Lipinski definition) is 1. The van der Waals surface area contributed by atoms with E-state index in [0.717, 1.165) is 32.7 Å². The van der Waals surface area contributed by atoms with Gasteiger partial charge in [0.05, 0.1) is 6.61 Å². The van der Waals surface area contributed by atoms with Crippen LogP contribution in [0.2, 0.25) is 0 Å². The summed E-state index contributed by atoms with van der Waals surface area (Å²) in [4.78, 5) is 13.1. The van der Waals surface area contributed by atoms with E-state index in [2.05, 4.69) is 4.90 Å². The van der Waals surface area contributed by atoms with E-state index in [1.165, 1.54) is 0 Å². The van der Waals surface area contributed by atoms with Crippen LogP contribution in [0.5, 0.6) is 0 Å². The number of carboxylic acid groups (broad SMARTS) is 1. The molecule has 1 N–H and O–H groups in total. The van der Waals surface area contributed by atoms with Gasteiger partial charge in [-0.3, -0.25) is 4.90 Å². The highest BCUT2D eigenvalue weighted by Gasteiger charge is 2.21. The summed E-state index contributed by atoms with van der Waals surface area (Å²) in [6.45, 7) is 5.48. The zero-order valence-corrected chi connectivity index (χ0v) is 10.1. The summed E-state index contributed by atoms with van der Waals surface area (Å²) < 4.78 is 5.12. The summed E-state index contributed by atoms with van der Waals surface area (Å²) in [6.07, 6.45) is 3.57. The molecule has 1 fully saturated rings. The van der Waals surface area contributed by atoms with E-state index in [-0.39, 0.29) is 0 Å². The summed E-state index contributed by atoms with van der Waals surface area (Å²) >= 11 is 0. The van der Waals surface area contributed by atoms with Gasteiger partial charge in [-0.2, -0.15) is 0 Å². The van der Waals surface area contributed by atoms with Gasteiger partial charge in [0, 0.05) is 25.8 Å². The molecule has 1 aliphatic rings. The Balaban J connectivity index is 2.36. The van der Waals surface area contributed by atoms with Crippen molar-refractivity contribution in [2.45, 2.75) is 19.8 Å². The van der Waals surface area contributed by atoms with Crippen LogP contribution in [0.25, 0.3) is 0 Å². The van der Waals surface area contributed by atoms with Gasteiger partial charge in [0.15, 0.2) is 0 Å². The molecule has 16 heavy (non-hydrogen) atoms. The Labute approximate surface area is 96.9 Å². The topological polar surface area (TPSA) is 49.8 Å². The highest BCUT2D eigenvalue weighted by atomic mass is 16.5. The lowest BCUT2D eigenvalue weighted by Gasteiger charge is -2.13. The van der Waals surface area contributed by atoms with Crippen LogP contribution in [-0.2, 0) is 9.53 Å². The lowest BCUT2D eigenvalue weighted by atomic mass is 10.1. The van der Waals surface area contributed by atoms with Crippen LogP contribution in [0, 0.1) is 5.92 Å². The second-order valence-electron chi connectivity index (χ2n) is 4.26. The predicted octanol–water partition coefficient (Wildman–Crippen LogP) is 1.38. The number of nitrogens with zero attached hydrogens (tertiary/aromatic N) is 1. The molecule has 0 saturated carbocycles. The standard InChI is InChI=1S/C12H21NO3/c1-3-11(12(14)15)5-7-13-6-4-10(8-13)9-16-2/h5,10H,3-4,6-9H2,1-2H3,(H,14,15). The normalized spacial score (nSPS) is 22.6. The van der Waals surface area contributed by atoms with E-state index in [9.17, 15) is 4.79 Å². The summed E-state index contributed by atoms with van der Waals surface area (Å²) in [5.74, 6) is -0.191. The molecule has 0 aromatic heterocycles. The molecule has 1 atom stereocenters. The number of methoxy groups -OCH3 is 1. The molecule has 1 saturated heterocycles. The van der Waals surface area contributed by atoms with Gasteiger partial charge in [-0.1, -0.05) is 13.0 Å². The second-order valence-corrected chi connectivity index (χ2v) is 4.26. The Bertz CT molecular complexity index is 263. The fourth-order valence-corrected chi connectivity index (χ4v) is 2.07. The first kappa shape index (κ1) is 13.2. The number of carbonyl (C=O) groups is 1. The third-order valence-electron chi connectivity index (χ3n) is 3.02. The zero-order chi connectivity index (χ0) is 12.0. The largest absolute Gasteiger partial charge is 0.478 e. The van der Waals surface area contributed by atoms with E-state index in [0.29, 0.717) is 17.9 Å². The van der Waals surface area contributed by atoms with Crippen LogP contribution in [0.3, 0.4) is 0 Å². The third kappa shape index (κ3) is 3.94. The molecule has 1 heterocycles. The molecular weight excluding hydrogens is 206 g/mol. The van der Waals surface area contributed by atoms with Crippen LogP contribution in [0.4, 0.5) is 0 Å². The fourth-order valence-electron chi connectivity index (χ4n) is 2.07. The van der Waals surface area contributed by atoms with E-state index >= 15 is 0 Å². The van der Waals surface area contributed by atoms with Gasteiger partial charge in [-0.15, -0.1) is 0 Å². The van der Waals surface area contributed by atoms with Crippen molar-refractivity contribution in [3.05, 3.63) is 11.6 Å². The maximum absolute atomic E-state index is 10.8. The quantitative estimate of drug-likeness (QED) is 0.696. The Hall–Kier alpha value is -0.870. The van der Waals surface area contributed by atoms with Gasteiger partial charge in [-0.05, 0) is 25.3 Å². The zero-order valence-electron chi connectivity index (χ0n) is 10.1. The molecule has 92 valence electrons. The van der Waals surface area contributed by atoms with Crippen molar-refractivity contribution in [2.24, 2.45) is 5.92 Å². The molecule has 0 amide bonds. The molecule has 0 aromatic carbocycles. The molecular formula is C12H21NO3. The van der Waals surface area contributed by atoms with Crippen molar-refractivity contribution in [2.75, 3.05) is 33.4 Å². The van der Waals surface area contributed by atoms with E-state index < -0.39 is 5.97 Å². The van der Waals surface area contributed by atoms with Crippen molar-refractivity contribution in [1.82, 2.24) is 4.90 Å². The predicted molar refractivity (Wildman–Crippen MR) is 62.4 cm³/mol. The van der Waals surface area contributed by atoms with E-state index in [1.807, 2.05) is 13.0 Å². The molecule has 0 aliphatic carbocycles. The van der Waals surface area contributed by atoms with Gasteiger partial charge in [0.2, 0.25) is 0 Å². The minimum atomic E-state index is -0.796. The number of likely N-dealkylation sites (tertiary alicyclic amines) is 1. The second kappa shape index (κ2) is 6.66. The molecule has 0 spiro atoms. The van der Waals surface area contributed by atoms with Crippen LogP contribution in [0.1, 0.15) is 19.8 Å². The first-order valence-electron chi connectivity index (χ1n) is 5.81. The third-order valence-corrected chi connectivity index (χ3v) is 3.02. The van der Waals surface area contributed by atoms with Gasteiger partial charge >= 0.3 is 5.97 Å². The average molecular weight is 227 g/mol. The highest BCUT2D eigenvalue weighted by molar-refractivity contribution is 5.86. The Kier molecular flexibility index (Phi) is 5.49. The van der Waals surface area contributed by atoms with Crippen molar-refractivity contribution in [3.63, 3.8) is 0 Å². The van der Waals surface area contributed by atoms with Gasteiger partial charge < -0.3 is 9.84 Å². The lowest BCUT2D eigenvalue weighted by molar-refractivity contribution is -0.132. The highest BCUT2D eigenvalue weighted by Crippen LogP contribution is 2.16. The lowest BCUT2D eigenvalue weighted by Crippen LogP contribution is -2.22. The number of hydrogen-bond acceptors (Lipinski definition) is 3. The average Bonchev–Trinajstić information content (AvgIpc) is 2.67. The molecule has 4 nitrogen and oxygen atoms in total. The van der Waals surface area contributed by atoms with E-state index in [1.54, 1.807) is 7.11 Å². The van der Waals surface area contributed by atoms with Crippen LogP contribution < -0.4 is 0 Å². The molecule has 0 bridgehead atoms. The van der Waals surface area contributed by atoms with Crippen LogP contribution in [-0.4, -0.2) is 49.3 Å². The van der Waals surface area contributed by atoms with Crippen molar-refractivity contribution >= 4 is 5.97 Å². The fraction of sp³-hybridized carbons (Fsp3) is 0.750. The van der Waals surface area contributed by atoms with Gasteiger partial charge in [0.1, 0.15) is 0 Å². The molecule has 1 unspecified atom stereocenters. The Morgan fingerprint density at radius 3 is 2.94 bits per heavy atom. The number of rotatable bonds is 6. The van der Waals surface area contributed by atoms with E-state index in [4.69, 9.17) is 9.84 Å². The summed E-state index contributed by atoms with van der Waals surface area (Å²) in [7, 11) is 1.72. The van der Waals surface area contributed by atoms with Crippen molar-refractivity contribution < 1.29 is 14.6 Å². The van der Waals surface area contributed by atoms with Gasteiger partial charge in [-0.25, -0.2) is 4.79 Å². The Morgan fingerprint density at radius 2 is 2.38 bits per heavy atom. The van der Waals surface area contributed by atoms with Gasteiger partial charge in [0.25, 0.3) is 0 Å². The van der Waals surface area contributed by atoms with Crippen LogP contribution >= 0.6 is 0 Å². The number of carboxylic acids is 1. The smallest absolute Gasteiger partial charge is 0.331 e. The Morgan fingerprint density at radius 1 is 1.62 bits per heavy atom. The summed E-state index contributed by atoms with van der Waals surface area (Å²) in [6, 6.07) is 0. The monoisotopic (exact) mass is 227 g/mol. The molecule has 1 aliphatic heterocycles. The minimum absolute atomic E-state index is 0.509. The molecule has 0 aromatic rings. The van der Waals surface area contributed by atoms with Crippen molar-refractivity contribution in [1.29, 1.82) is 0 Å². The first-order chi connectivity index (χ1) is 7.67. The number of ether oxygens (including phenoxy) is 1. The van der Waals surface area contributed by atoms with Crippen molar-refractivity contribution in [3.8, 4) is 0 Å². The maximum Gasteiger partial charge on any atom is 0.331 e. The SMILES string of the molecule is CCC(=CCN1CCC(COC)C1)C(=O)O. The summed E-state index contributed by atoms with van der Waals surface area (Å²) in [5, 5.41) is 8.88. The first-order valence-corrected chi connectivity index (χ1v) is 5.81. The molecule has 0 radical (unpaired) electrons. The van der Waals surface area contributed by atoms with Crippen LogP contribution in [0.15, 0.2) is 11.6 Å². The summed E-state index contributed by atoms with van der Waals surface area (Å²) in [5.41, 5.74) is 0.509. The maximum atomic E-state index is 10.8.